The van der Waals surface area contributed by atoms with Crippen LogP contribution in [-0.2, 0) is 0 Å². The van der Waals surface area contributed by atoms with Crippen LogP contribution in [0.5, 0.6) is 0 Å². The van der Waals surface area contributed by atoms with Crippen LogP contribution < -0.4 is 5.32 Å². The highest BCUT2D eigenvalue weighted by atomic mass is 32.2. The van der Waals surface area contributed by atoms with Crippen molar-refractivity contribution < 1.29 is 0 Å². The molecule has 0 bridgehead atoms. The molecule has 0 heterocycles. The second-order valence-electron chi connectivity index (χ2n) is 7.10. The lowest BCUT2D eigenvalue weighted by Gasteiger charge is -2.29. The van der Waals surface area contributed by atoms with Gasteiger partial charge in [0.25, 0.3) is 0 Å². The zero-order valence-electron chi connectivity index (χ0n) is 12.8. The van der Waals surface area contributed by atoms with Crippen molar-refractivity contribution >= 4 is 17.4 Å². The number of nitrogens with one attached hydrogen (secondary N) is 1. The zero-order valence-corrected chi connectivity index (χ0v) is 13.6. The lowest BCUT2D eigenvalue weighted by Crippen LogP contribution is -2.31. The monoisotopic (exact) mass is 289 g/mol. The highest BCUT2D eigenvalue weighted by molar-refractivity contribution is 8.00. The SMILES string of the molecule is CC1(C)CCCC1Nc1ccccc1SC1CCCC1. The number of benzene rings is 1. The Balaban J connectivity index is 1.72. The van der Waals surface area contributed by atoms with Gasteiger partial charge in [-0.1, -0.05) is 45.2 Å². The van der Waals surface area contributed by atoms with Crippen molar-refractivity contribution in [1.29, 1.82) is 0 Å². The molecule has 2 fully saturated rings. The molecule has 1 atom stereocenters. The molecule has 0 amide bonds. The molecule has 3 rings (SSSR count). The summed E-state index contributed by atoms with van der Waals surface area (Å²) >= 11 is 2.10. The highest BCUT2D eigenvalue weighted by Gasteiger charge is 2.34. The molecule has 0 spiro atoms. The van der Waals surface area contributed by atoms with Crippen molar-refractivity contribution in [3.8, 4) is 0 Å². The smallest absolute Gasteiger partial charge is 0.0480 e. The van der Waals surface area contributed by atoms with Crippen molar-refractivity contribution in [3.63, 3.8) is 0 Å². The number of hydrogen-bond acceptors (Lipinski definition) is 2. The molecule has 0 aliphatic heterocycles. The van der Waals surface area contributed by atoms with E-state index in [4.69, 9.17) is 0 Å². The van der Waals surface area contributed by atoms with Gasteiger partial charge in [0.1, 0.15) is 0 Å². The van der Waals surface area contributed by atoms with Gasteiger partial charge in [-0.25, -0.2) is 0 Å². The van der Waals surface area contributed by atoms with E-state index in [1.807, 2.05) is 0 Å². The van der Waals surface area contributed by atoms with Gasteiger partial charge in [-0.3, -0.25) is 0 Å². The fourth-order valence-corrected chi connectivity index (χ4v) is 5.00. The summed E-state index contributed by atoms with van der Waals surface area (Å²) in [5.41, 5.74) is 1.80. The minimum Gasteiger partial charge on any atom is -0.381 e. The molecule has 1 aromatic rings. The van der Waals surface area contributed by atoms with Crippen LogP contribution in [0.3, 0.4) is 0 Å². The fraction of sp³-hybridized carbons (Fsp3) is 0.667. The van der Waals surface area contributed by atoms with Gasteiger partial charge in [-0.15, -0.1) is 11.8 Å². The molecule has 1 N–H and O–H groups in total. The Morgan fingerprint density at radius 2 is 1.80 bits per heavy atom. The van der Waals surface area contributed by atoms with E-state index in [0.717, 1.165) is 5.25 Å². The molecular formula is C18H27NS. The van der Waals surface area contributed by atoms with E-state index in [1.54, 1.807) is 0 Å². The molecule has 0 saturated heterocycles. The minimum atomic E-state index is 0.436. The first-order valence-corrected chi connectivity index (χ1v) is 9.05. The molecule has 110 valence electrons. The summed E-state index contributed by atoms with van der Waals surface area (Å²) in [5, 5.41) is 4.70. The number of thioether (sulfide) groups is 1. The van der Waals surface area contributed by atoms with Gasteiger partial charge in [0.15, 0.2) is 0 Å². The standard InChI is InChI=1S/C18H27NS/c1-18(2)13-7-12-17(18)19-15-10-5-6-11-16(15)20-14-8-3-4-9-14/h5-6,10-11,14,17,19H,3-4,7-9,12-13H2,1-2H3. The summed E-state index contributed by atoms with van der Waals surface area (Å²) in [6.45, 7) is 4.81. The van der Waals surface area contributed by atoms with Crippen LogP contribution in [-0.4, -0.2) is 11.3 Å². The minimum absolute atomic E-state index is 0.436. The lowest BCUT2D eigenvalue weighted by molar-refractivity contribution is 0.349. The molecule has 0 aromatic heterocycles. The third kappa shape index (κ3) is 3.16. The maximum absolute atomic E-state index is 3.85. The lowest BCUT2D eigenvalue weighted by atomic mass is 9.87. The normalized spacial score (nSPS) is 26.0. The van der Waals surface area contributed by atoms with E-state index in [9.17, 15) is 0 Å². The van der Waals surface area contributed by atoms with Crippen molar-refractivity contribution in [1.82, 2.24) is 0 Å². The predicted octanol–water partition coefficient (Wildman–Crippen LogP) is 5.71. The second-order valence-corrected chi connectivity index (χ2v) is 8.44. The molecule has 2 heteroatoms. The Kier molecular flexibility index (Phi) is 4.30. The van der Waals surface area contributed by atoms with Crippen LogP contribution in [0.2, 0.25) is 0 Å². The molecule has 0 radical (unpaired) electrons. The predicted molar refractivity (Wildman–Crippen MR) is 89.6 cm³/mol. The largest absolute Gasteiger partial charge is 0.381 e. The first kappa shape index (κ1) is 14.3. The van der Waals surface area contributed by atoms with Crippen LogP contribution in [0, 0.1) is 5.41 Å². The van der Waals surface area contributed by atoms with Crippen LogP contribution in [0.1, 0.15) is 58.8 Å². The zero-order chi connectivity index (χ0) is 14.0. The molecule has 2 aliphatic carbocycles. The second kappa shape index (κ2) is 6.01. The Hall–Kier alpha value is -0.630. The molecule has 1 aromatic carbocycles. The van der Waals surface area contributed by atoms with E-state index in [2.05, 4.69) is 55.2 Å². The third-order valence-electron chi connectivity index (χ3n) is 5.07. The Bertz CT molecular complexity index is 448. The van der Waals surface area contributed by atoms with Gasteiger partial charge in [0, 0.05) is 21.9 Å². The molecule has 2 saturated carbocycles. The fourth-order valence-electron chi connectivity index (χ4n) is 3.66. The topological polar surface area (TPSA) is 12.0 Å². The van der Waals surface area contributed by atoms with E-state index in [-0.39, 0.29) is 0 Å². The molecule has 2 aliphatic rings. The van der Waals surface area contributed by atoms with Crippen molar-refractivity contribution in [3.05, 3.63) is 24.3 Å². The Labute approximate surface area is 127 Å². The summed E-state index contributed by atoms with van der Waals surface area (Å²) in [4.78, 5) is 1.46. The van der Waals surface area contributed by atoms with Crippen molar-refractivity contribution in [2.45, 2.75) is 75.0 Å². The van der Waals surface area contributed by atoms with Crippen LogP contribution in [0.15, 0.2) is 29.2 Å². The van der Waals surface area contributed by atoms with Crippen LogP contribution in [0.25, 0.3) is 0 Å². The van der Waals surface area contributed by atoms with E-state index >= 15 is 0 Å². The summed E-state index contributed by atoms with van der Waals surface area (Å²) in [5.74, 6) is 0. The van der Waals surface area contributed by atoms with Crippen molar-refractivity contribution in [2.24, 2.45) is 5.41 Å². The maximum atomic E-state index is 3.85. The Morgan fingerprint density at radius 1 is 1.05 bits per heavy atom. The van der Waals surface area contributed by atoms with Crippen LogP contribution in [0.4, 0.5) is 5.69 Å². The van der Waals surface area contributed by atoms with Gasteiger partial charge in [-0.05, 0) is 43.2 Å². The molecule has 20 heavy (non-hydrogen) atoms. The van der Waals surface area contributed by atoms with Crippen LogP contribution >= 0.6 is 11.8 Å². The summed E-state index contributed by atoms with van der Waals surface area (Å²) in [6.07, 6.45) is 9.66. The van der Waals surface area contributed by atoms with Gasteiger partial charge in [0.2, 0.25) is 0 Å². The van der Waals surface area contributed by atoms with Gasteiger partial charge in [0.05, 0.1) is 0 Å². The number of anilines is 1. The van der Waals surface area contributed by atoms with Crippen molar-refractivity contribution in [2.75, 3.05) is 5.32 Å². The number of hydrogen-bond donors (Lipinski definition) is 1. The summed E-state index contributed by atoms with van der Waals surface area (Å²) in [7, 11) is 0. The quantitative estimate of drug-likeness (QED) is 0.761. The first-order valence-electron chi connectivity index (χ1n) is 8.17. The van der Waals surface area contributed by atoms with E-state index in [1.165, 1.54) is 55.5 Å². The van der Waals surface area contributed by atoms with Gasteiger partial charge in [-0.2, -0.15) is 0 Å². The number of rotatable bonds is 4. The Morgan fingerprint density at radius 3 is 2.50 bits per heavy atom. The molecular weight excluding hydrogens is 262 g/mol. The third-order valence-corrected chi connectivity index (χ3v) is 6.48. The molecule has 1 unspecified atom stereocenters. The molecule has 1 nitrogen and oxygen atoms in total. The van der Waals surface area contributed by atoms with E-state index in [0.29, 0.717) is 11.5 Å². The summed E-state index contributed by atoms with van der Waals surface area (Å²) in [6, 6.07) is 9.55. The summed E-state index contributed by atoms with van der Waals surface area (Å²) < 4.78 is 0. The van der Waals surface area contributed by atoms with Gasteiger partial charge >= 0.3 is 0 Å². The highest BCUT2D eigenvalue weighted by Crippen LogP contribution is 2.42. The first-order chi connectivity index (χ1) is 9.65. The maximum Gasteiger partial charge on any atom is 0.0480 e. The average Bonchev–Trinajstić information content (AvgIpc) is 3.02. The van der Waals surface area contributed by atoms with E-state index < -0.39 is 0 Å². The average molecular weight is 289 g/mol. The number of para-hydroxylation sites is 1. The van der Waals surface area contributed by atoms with Gasteiger partial charge < -0.3 is 5.32 Å².